The molecule has 9 rings (SSSR count). The molecule has 7 nitrogen and oxygen atoms in total. The fourth-order valence-electron chi connectivity index (χ4n) is 12.3. The maximum Gasteiger partial charge on any atom is 0.372 e. The van der Waals surface area contributed by atoms with Crippen LogP contribution in [0.5, 0.6) is 5.75 Å². The summed E-state index contributed by atoms with van der Waals surface area (Å²) in [5.74, 6) is 6.57. The molecule has 0 bridgehead atoms. The first kappa shape index (κ1) is 29.1. The highest BCUT2D eigenvalue weighted by Gasteiger charge is 2.62. The molecule has 10 unspecified atom stereocenters. The molecule has 1 aliphatic heterocycles. The lowest BCUT2D eigenvalue weighted by atomic mass is 9.45. The van der Waals surface area contributed by atoms with E-state index < -0.39 is 5.97 Å². The van der Waals surface area contributed by atoms with E-state index in [2.05, 4.69) is 44.9 Å². The van der Waals surface area contributed by atoms with E-state index >= 15 is 0 Å². The number of methoxy groups -OCH3 is 1. The van der Waals surface area contributed by atoms with E-state index in [1.54, 1.807) is 19.2 Å². The normalized spacial score (nSPS) is 36.4. The molecule has 0 spiro atoms. The van der Waals surface area contributed by atoms with Gasteiger partial charge in [0.25, 0.3) is 0 Å². The molecule has 5 aliphatic carbocycles. The van der Waals surface area contributed by atoms with Crippen LogP contribution in [0.2, 0.25) is 0 Å². The Hall–Kier alpha value is -3.03. The summed E-state index contributed by atoms with van der Waals surface area (Å²) >= 11 is 0. The van der Waals surface area contributed by atoms with Gasteiger partial charge in [0.05, 0.1) is 18.2 Å². The average Bonchev–Trinajstić information content (AvgIpc) is 3.40. The Labute approximate surface area is 272 Å². The van der Waals surface area contributed by atoms with E-state index in [9.17, 15) is 4.79 Å². The van der Waals surface area contributed by atoms with Gasteiger partial charge >= 0.3 is 5.97 Å². The van der Waals surface area contributed by atoms with Gasteiger partial charge < -0.3 is 19.5 Å². The number of carbonyl (C=O) groups excluding carboxylic acids is 1. The van der Waals surface area contributed by atoms with Crippen LogP contribution < -0.4 is 15.0 Å². The number of ether oxygens (including phenoxy) is 1. The molecule has 5 saturated carbocycles. The van der Waals surface area contributed by atoms with E-state index in [-0.39, 0.29) is 0 Å². The molecule has 6 aliphatic rings. The lowest BCUT2D eigenvalue weighted by Gasteiger charge is -2.67. The molecule has 0 radical (unpaired) electrons. The minimum absolute atomic E-state index is 0.343. The Morgan fingerprint density at radius 3 is 2.30 bits per heavy atom. The van der Waals surface area contributed by atoms with Crippen molar-refractivity contribution in [1.82, 2.24) is 9.88 Å². The van der Waals surface area contributed by atoms with Gasteiger partial charge in [-0.25, -0.2) is 4.79 Å². The predicted molar refractivity (Wildman–Crippen MR) is 180 cm³/mol. The van der Waals surface area contributed by atoms with Crippen LogP contribution >= 0.6 is 0 Å². The molecule has 1 aromatic heterocycles. The maximum atomic E-state index is 12.2. The van der Waals surface area contributed by atoms with E-state index in [4.69, 9.17) is 9.99 Å². The van der Waals surface area contributed by atoms with Crippen LogP contribution in [-0.4, -0.2) is 47.1 Å². The Morgan fingerprint density at radius 2 is 1.57 bits per heavy atom. The average molecular weight is 624 g/mol. The Kier molecular flexibility index (Phi) is 7.15. The number of nitrogens with zero attached hydrogens (tertiary/aromatic N) is 2. The molecule has 3 aromatic rings. The zero-order valence-corrected chi connectivity index (χ0v) is 27.4. The summed E-state index contributed by atoms with van der Waals surface area (Å²) in [6.45, 7) is 0. The summed E-state index contributed by atoms with van der Waals surface area (Å²) in [7, 11) is 4.01. The van der Waals surface area contributed by atoms with Crippen molar-refractivity contribution in [1.29, 1.82) is 0 Å². The number of hydrogen-bond donors (Lipinski definition) is 2. The minimum atomic E-state index is -0.733. The van der Waals surface area contributed by atoms with Crippen molar-refractivity contribution in [2.45, 2.75) is 101 Å². The van der Waals surface area contributed by atoms with Gasteiger partial charge in [0, 0.05) is 42.2 Å². The number of piperazine rings is 1. The third-order valence-electron chi connectivity index (χ3n) is 13.8. The van der Waals surface area contributed by atoms with Crippen molar-refractivity contribution in [3.8, 4) is 16.9 Å². The molecule has 7 heteroatoms. The highest BCUT2D eigenvalue weighted by molar-refractivity contribution is 6.04. The molecular formula is C39H49N3O4. The number of hydrogen-bond acceptors (Lipinski definition) is 6. The SMILES string of the molecule is COc1ccc2c(c1)c(-c1ccc(C(=O)OO)cc1)c(N1C3CCCCC3NC3C4CCCC5CCC6CCCC(C6C54)C31)n2C. The zero-order chi connectivity index (χ0) is 31.1. The van der Waals surface area contributed by atoms with E-state index in [1.165, 1.54) is 99.3 Å². The minimum Gasteiger partial charge on any atom is -0.497 e. The Morgan fingerprint density at radius 1 is 0.848 bits per heavy atom. The first-order chi connectivity index (χ1) is 22.6. The van der Waals surface area contributed by atoms with Crippen molar-refractivity contribution < 1.29 is 19.7 Å². The van der Waals surface area contributed by atoms with Crippen molar-refractivity contribution in [2.24, 2.45) is 42.6 Å². The first-order valence-corrected chi connectivity index (χ1v) is 18.2. The summed E-state index contributed by atoms with van der Waals surface area (Å²) < 4.78 is 8.26. The van der Waals surface area contributed by atoms with Crippen molar-refractivity contribution in [2.75, 3.05) is 12.0 Å². The van der Waals surface area contributed by atoms with Crippen LogP contribution in [-0.2, 0) is 11.9 Å². The highest BCUT2D eigenvalue weighted by Crippen LogP contribution is 2.62. The van der Waals surface area contributed by atoms with Gasteiger partial charge in [-0.3, -0.25) is 4.89 Å². The smallest absolute Gasteiger partial charge is 0.372 e. The quantitative estimate of drug-likeness (QED) is 0.228. The fourth-order valence-corrected chi connectivity index (χ4v) is 12.3. The van der Waals surface area contributed by atoms with Crippen LogP contribution in [0.3, 0.4) is 0 Å². The van der Waals surface area contributed by atoms with Crippen molar-refractivity contribution in [3.05, 3.63) is 48.0 Å². The second kappa shape index (κ2) is 11.3. The molecule has 2 aromatic carbocycles. The number of carbonyl (C=O) groups is 1. The number of aromatic nitrogens is 1. The molecule has 2 heterocycles. The molecule has 0 amide bonds. The molecule has 2 N–H and O–H groups in total. The Bertz CT molecular complexity index is 1630. The fraction of sp³-hybridized carbons (Fsp3) is 0.615. The van der Waals surface area contributed by atoms with Crippen LogP contribution in [0.4, 0.5) is 5.82 Å². The molecule has 244 valence electrons. The van der Waals surface area contributed by atoms with E-state index in [1.807, 2.05) is 12.1 Å². The number of aryl methyl sites for hydroxylation is 1. The molecule has 6 fully saturated rings. The molecular weight excluding hydrogens is 574 g/mol. The third kappa shape index (κ3) is 4.26. The van der Waals surface area contributed by atoms with Gasteiger partial charge in [-0.1, -0.05) is 50.7 Å². The second-order valence-corrected chi connectivity index (χ2v) is 15.6. The van der Waals surface area contributed by atoms with E-state index in [0.29, 0.717) is 29.7 Å². The Balaban J connectivity index is 1.27. The zero-order valence-electron chi connectivity index (χ0n) is 27.4. The number of benzene rings is 2. The number of rotatable bonds is 4. The summed E-state index contributed by atoms with van der Waals surface area (Å²) in [6, 6.07) is 16.1. The van der Waals surface area contributed by atoms with Gasteiger partial charge in [0.15, 0.2) is 0 Å². The number of nitrogens with one attached hydrogen (secondary N) is 1. The lowest BCUT2D eigenvalue weighted by molar-refractivity contribution is -0.182. The predicted octanol–water partition coefficient (Wildman–Crippen LogP) is 7.81. The molecule has 46 heavy (non-hydrogen) atoms. The molecule has 10 atom stereocenters. The standard InChI is InChI=1S/C39H49N3O4/c1-41-31-20-19-26(45-2)21-29(31)35(24-15-17-25(18-16-24)39(43)46-44)38(41)42-32-12-4-3-11-30(32)40-36-27-9-5-7-22-13-14-23-8-6-10-28(37(36)42)34(23)33(22)27/h15-23,27-28,30,32-34,36-37,40,44H,3-14H2,1-2H3. The maximum absolute atomic E-state index is 12.2. The van der Waals surface area contributed by atoms with Gasteiger partial charge in [0.2, 0.25) is 0 Å². The van der Waals surface area contributed by atoms with Crippen LogP contribution in [0.1, 0.15) is 87.4 Å². The van der Waals surface area contributed by atoms with Crippen LogP contribution in [0.25, 0.3) is 22.0 Å². The second-order valence-electron chi connectivity index (χ2n) is 15.6. The molecule has 1 saturated heterocycles. The van der Waals surface area contributed by atoms with Crippen LogP contribution in [0.15, 0.2) is 42.5 Å². The van der Waals surface area contributed by atoms with Crippen LogP contribution in [0, 0.1) is 35.5 Å². The van der Waals surface area contributed by atoms with Gasteiger partial charge in [-0.05, 0) is 110 Å². The topological polar surface area (TPSA) is 76.0 Å². The van der Waals surface area contributed by atoms with Gasteiger partial charge in [0.1, 0.15) is 11.6 Å². The van der Waals surface area contributed by atoms with Crippen molar-refractivity contribution >= 4 is 22.7 Å². The summed E-state index contributed by atoms with van der Waals surface area (Å²) in [5.41, 5.74) is 3.86. The lowest BCUT2D eigenvalue weighted by Crippen LogP contribution is -2.76. The van der Waals surface area contributed by atoms with Gasteiger partial charge in [-0.15, -0.1) is 0 Å². The summed E-state index contributed by atoms with van der Waals surface area (Å²) in [6.07, 6.45) is 16.4. The summed E-state index contributed by atoms with van der Waals surface area (Å²) in [4.78, 5) is 19.3. The number of anilines is 1. The highest BCUT2D eigenvalue weighted by atomic mass is 17.1. The van der Waals surface area contributed by atoms with Gasteiger partial charge in [-0.2, -0.15) is 5.26 Å². The number of fused-ring (bicyclic) bond motifs is 5. The first-order valence-electron chi connectivity index (χ1n) is 18.2. The van der Waals surface area contributed by atoms with Crippen molar-refractivity contribution in [3.63, 3.8) is 0 Å². The summed E-state index contributed by atoms with van der Waals surface area (Å²) in [5, 5.41) is 14.7. The largest absolute Gasteiger partial charge is 0.497 e. The third-order valence-corrected chi connectivity index (χ3v) is 13.8. The monoisotopic (exact) mass is 623 g/mol. The van der Waals surface area contributed by atoms with E-state index in [0.717, 1.165) is 46.8 Å².